The molecule has 0 amide bonds. The fourth-order valence-electron chi connectivity index (χ4n) is 1.24. The fraction of sp³-hybridized carbons (Fsp3) is 0.250. The number of halogens is 1. The summed E-state index contributed by atoms with van der Waals surface area (Å²) >= 11 is 0. The molecule has 0 bridgehead atoms. The first-order chi connectivity index (χ1) is 7.65. The molecule has 86 valence electrons. The van der Waals surface area contributed by atoms with Crippen LogP contribution in [0.25, 0.3) is 0 Å². The van der Waals surface area contributed by atoms with Crippen LogP contribution in [0.2, 0.25) is 0 Å². The number of esters is 1. The summed E-state index contributed by atoms with van der Waals surface area (Å²) in [6.45, 7) is 1.81. The zero-order chi connectivity index (χ0) is 12.0. The SMILES string of the molecule is COC(=O)/C=C/NC(C)c1ccccc1F. The Morgan fingerprint density at radius 3 is 2.81 bits per heavy atom. The van der Waals surface area contributed by atoms with Crippen molar-refractivity contribution in [1.29, 1.82) is 0 Å². The second-order valence-corrected chi connectivity index (χ2v) is 3.27. The summed E-state index contributed by atoms with van der Waals surface area (Å²) in [5.41, 5.74) is 0.553. The van der Waals surface area contributed by atoms with Gasteiger partial charge in [0.2, 0.25) is 0 Å². The minimum absolute atomic E-state index is 0.206. The van der Waals surface area contributed by atoms with Gasteiger partial charge in [-0.15, -0.1) is 0 Å². The van der Waals surface area contributed by atoms with Crippen molar-refractivity contribution in [1.82, 2.24) is 5.32 Å². The second kappa shape index (κ2) is 5.90. The third kappa shape index (κ3) is 3.38. The Bertz CT molecular complexity index is 390. The molecule has 0 radical (unpaired) electrons. The zero-order valence-corrected chi connectivity index (χ0v) is 9.24. The fourth-order valence-corrected chi connectivity index (χ4v) is 1.24. The minimum Gasteiger partial charge on any atom is -0.466 e. The molecule has 1 aromatic carbocycles. The molecule has 0 aliphatic carbocycles. The standard InChI is InChI=1S/C12H14FNO2/c1-9(14-8-7-12(15)16-2)10-5-3-4-6-11(10)13/h3-9,14H,1-2H3/b8-7+. The second-order valence-electron chi connectivity index (χ2n) is 3.27. The number of carbonyl (C=O) groups is 1. The van der Waals surface area contributed by atoms with Crippen molar-refractivity contribution in [2.24, 2.45) is 0 Å². The minimum atomic E-state index is -0.451. The number of benzene rings is 1. The van der Waals surface area contributed by atoms with Crippen LogP contribution in [-0.2, 0) is 9.53 Å². The number of rotatable bonds is 4. The van der Waals surface area contributed by atoms with Gasteiger partial charge >= 0.3 is 5.97 Å². The lowest BCUT2D eigenvalue weighted by Crippen LogP contribution is -2.13. The third-order valence-electron chi connectivity index (χ3n) is 2.14. The molecule has 0 saturated carbocycles. The highest BCUT2D eigenvalue weighted by Crippen LogP contribution is 2.15. The van der Waals surface area contributed by atoms with E-state index in [4.69, 9.17) is 0 Å². The molecule has 0 aromatic heterocycles. The van der Waals surface area contributed by atoms with Gasteiger partial charge in [0.25, 0.3) is 0 Å². The predicted octanol–water partition coefficient (Wildman–Crippen LogP) is 2.16. The third-order valence-corrected chi connectivity index (χ3v) is 2.14. The van der Waals surface area contributed by atoms with E-state index >= 15 is 0 Å². The Morgan fingerprint density at radius 2 is 2.19 bits per heavy atom. The number of carbonyl (C=O) groups excluding carboxylic acids is 1. The molecule has 1 aromatic rings. The molecular weight excluding hydrogens is 209 g/mol. The Hall–Kier alpha value is -1.84. The van der Waals surface area contributed by atoms with Crippen molar-refractivity contribution < 1.29 is 13.9 Å². The van der Waals surface area contributed by atoms with Crippen LogP contribution >= 0.6 is 0 Å². The molecule has 1 rings (SSSR count). The van der Waals surface area contributed by atoms with Gasteiger partial charge in [-0.1, -0.05) is 18.2 Å². The first kappa shape index (κ1) is 12.2. The van der Waals surface area contributed by atoms with E-state index < -0.39 is 5.97 Å². The highest BCUT2D eigenvalue weighted by atomic mass is 19.1. The van der Waals surface area contributed by atoms with E-state index in [1.165, 1.54) is 25.5 Å². The topological polar surface area (TPSA) is 38.3 Å². The highest BCUT2D eigenvalue weighted by molar-refractivity contribution is 5.81. The van der Waals surface area contributed by atoms with Gasteiger partial charge in [0, 0.05) is 17.8 Å². The van der Waals surface area contributed by atoms with Crippen molar-refractivity contribution in [3.63, 3.8) is 0 Å². The molecule has 0 spiro atoms. The Kier molecular flexibility index (Phi) is 4.51. The summed E-state index contributed by atoms with van der Waals surface area (Å²) in [6, 6.07) is 6.29. The Balaban J connectivity index is 2.60. The number of hydrogen-bond donors (Lipinski definition) is 1. The zero-order valence-electron chi connectivity index (χ0n) is 9.24. The van der Waals surface area contributed by atoms with Gasteiger partial charge in [0.1, 0.15) is 5.82 Å². The molecule has 0 aliphatic heterocycles. The molecule has 0 fully saturated rings. The van der Waals surface area contributed by atoms with Gasteiger partial charge < -0.3 is 10.1 Å². The lowest BCUT2D eigenvalue weighted by atomic mass is 10.1. The monoisotopic (exact) mass is 223 g/mol. The number of methoxy groups -OCH3 is 1. The van der Waals surface area contributed by atoms with Crippen molar-refractivity contribution in [3.8, 4) is 0 Å². The van der Waals surface area contributed by atoms with Crippen molar-refractivity contribution >= 4 is 5.97 Å². The molecule has 4 heteroatoms. The highest BCUT2D eigenvalue weighted by Gasteiger charge is 2.07. The van der Waals surface area contributed by atoms with E-state index in [0.717, 1.165) is 0 Å². The average molecular weight is 223 g/mol. The molecule has 16 heavy (non-hydrogen) atoms. The molecule has 0 saturated heterocycles. The molecule has 1 unspecified atom stereocenters. The summed E-state index contributed by atoms with van der Waals surface area (Å²) in [7, 11) is 1.30. The Morgan fingerprint density at radius 1 is 1.50 bits per heavy atom. The lowest BCUT2D eigenvalue weighted by Gasteiger charge is -2.12. The van der Waals surface area contributed by atoms with Crippen LogP contribution in [0.5, 0.6) is 0 Å². The van der Waals surface area contributed by atoms with Gasteiger partial charge in [-0.25, -0.2) is 9.18 Å². The summed E-state index contributed by atoms with van der Waals surface area (Å²) in [5, 5.41) is 2.88. The van der Waals surface area contributed by atoms with Crippen molar-refractivity contribution in [3.05, 3.63) is 47.9 Å². The molecular formula is C12H14FNO2. The van der Waals surface area contributed by atoms with Crippen LogP contribution in [-0.4, -0.2) is 13.1 Å². The van der Waals surface area contributed by atoms with Crippen LogP contribution in [0.15, 0.2) is 36.5 Å². The van der Waals surface area contributed by atoms with E-state index in [-0.39, 0.29) is 11.9 Å². The van der Waals surface area contributed by atoms with Gasteiger partial charge in [0.15, 0.2) is 0 Å². The van der Waals surface area contributed by atoms with Crippen molar-refractivity contribution in [2.75, 3.05) is 7.11 Å². The first-order valence-electron chi connectivity index (χ1n) is 4.90. The maximum absolute atomic E-state index is 13.3. The summed E-state index contributed by atoms with van der Waals surface area (Å²) in [6.07, 6.45) is 2.69. The maximum Gasteiger partial charge on any atom is 0.331 e. The largest absolute Gasteiger partial charge is 0.466 e. The van der Waals surface area contributed by atoms with Crippen LogP contribution in [0.1, 0.15) is 18.5 Å². The number of hydrogen-bond acceptors (Lipinski definition) is 3. The molecule has 0 aliphatic rings. The van der Waals surface area contributed by atoms with E-state index in [2.05, 4.69) is 10.1 Å². The number of nitrogens with one attached hydrogen (secondary N) is 1. The summed E-state index contributed by atoms with van der Waals surface area (Å²) in [4.78, 5) is 10.8. The molecule has 3 nitrogen and oxygen atoms in total. The van der Waals surface area contributed by atoms with Crippen molar-refractivity contribution in [2.45, 2.75) is 13.0 Å². The average Bonchev–Trinajstić information content (AvgIpc) is 2.29. The van der Waals surface area contributed by atoms with E-state index in [1.807, 2.05) is 0 Å². The van der Waals surface area contributed by atoms with Crippen LogP contribution in [0, 0.1) is 5.82 Å². The summed E-state index contributed by atoms with van der Waals surface area (Å²) in [5.74, 6) is -0.720. The van der Waals surface area contributed by atoms with Crippen LogP contribution in [0.4, 0.5) is 4.39 Å². The van der Waals surface area contributed by atoms with E-state index in [9.17, 15) is 9.18 Å². The number of ether oxygens (including phenoxy) is 1. The Labute approximate surface area is 93.9 Å². The van der Waals surface area contributed by atoms with E-state index in [1.54, 1.807) is 25.1 Å². The molecule has 0 heterocycles. The van der Waals surface area contributed by atoms with Gasteiger partial charge in [-0.05, 0) is 13.0 Å². The van der Waals surface area contributed by atoms with E-state index in [0.29, 0.717) is 5.56 Å². The normalized spacial score (nSPS) is 12.4. The first-order valence-corrected chi connectivity index (χ1v) is 4.90. The quantitative estimate of drug-likeness (QED) is 0.628. The van der Waals surface area contributed by atoms with Crippen LogP contribution < -0.4 is 5.32 Å². The van der Waals surface area contributed by atoms with Crippen LogP contribution in [0.3, 0.4) is 0 Å². The summed E-state index contributed by atoms with van der Waals surface area (Å²) < 4.78 is 17.8. The van der Waals surface area contributed by atoms with Gasteiger partial charge in [0.05, 0.1) is 13.2 Å². The lowest BCUT2D eigenvalue weighted by molar-refractivity contribution is -0.134. The molecule has 1 atom stereocenters. The molecule has 1 N–H and O–H groups in total. The van der Waals surface area contributed by atoms with Gasteiger partial charge in [-0.3, -0.25) is 0 Å². The maximum atomic E-state index is 13.3. The predicted molar refractivity (Wildman–Crippen MR) is 59.1 cm³/mol. The van der Waals surface area contributed by atoms with Gasteiger partial charge in [-0.2, -0.15) is 0 Å². The smallest absolute Gasteiger partial charge is 0.331 e.